The van der Waals surface area contributed by atoms with Crippen molar-refractivity contribution in [2.45, 2.75) is 19.9 Å². The number of carbonyl (C=O) groups is 1. The lowest BCUT2D eigenvalue weighted by Crippen LogP contribution is -2.26. The smallest absolute Gasteiger partial charge is 0.288 e. The molecule has 24 heavy (non-hydrogen) atoms. The molecule has 7 heteroatoms. The number of nitro benzene ring substituents is 1. The average molecular weight is 349 g/mol. The Labute approximate surface area is 144 Å². The molecule has 0 heterocycles. The summed E-state index contributed by atoms with van der Waals surface area (Å²) < 4.78 is 5.37. The molecule has 0 aliphatic rings. The number of ether oxygens (including phenoxy) is 1. The quantitative estimate of drug-likeness (QED) is 0.628. The van der Waals surface area contributed by atoms with E-state index in [0.29, 0.717) is 6.61 Å². The molecule has 0 aliphatic carbocycles. The zero-order valence-electron chi connectivity index (χ0n) is 13.3. The van der Waals surface area contributed by atoms with Gasteiger partial charge >= 0.3 is 0 Å². The zero-order chi connectivity index (χ0) is 17.7. The molecule has 6 nitrogen and oxygen atoms in total. The monoisotopic (exact) mass is 348 g/mol. The molecule has 2 aromatic carbocycles. The van der Waals surface area contributed by atoms with E-state index in [-0.39, 0.29) is 22.3 Å². The van der Waals surface area contributed by atoms with Crippen LogP contribution in [0.2, 0.25) is 5.02 Å². The number of nitrogens with zero attached hydrogens (tertiary/aromatic N) is 1. The lowest BCUT2D eigenvalue weighted by Gasteiger charge is -2.15. The highest BCUT2D eigenvalue weighted by Crippen LogP contribution is 2.25. The number of benzene rings is 2. The van der Waals surface area contributed by atoms with E-state index in [2.05, 4.69) is 5.32 Å². The number of halogens is 1. The van der Waals surface area contributed by atoms with Gasteiger partial charge < -0.3 is 10.1 Å². The van der Waals surface area contributed by atoms with E-state index in [1.54, 1.807) is 0 Å². The molecule has 0 radical (unpaired) electrons. The highest BCUT2D eigenvalue weighted by Gasteiger charge is 2.17. The predicted molar refractivity (Wildman–Crippen MR) is 91.6 cm³/mol. The fraction of sp³-hybridized carbons (Fsp3) is 0.235. The SMILES string of the molecule is CCOc1ccc([C@H](C)NC(=O)c2ccc(Cl)c([N+](=O)[O-])c2)cc1. The summed E-state index contributed by atoms with van der Waals surface area (Å²) in [6.45, 7) is 4.32. The van der Waals surface area contributed by atoms with Crippen LogP contribution in [-0.2, 0) is 0 Å². The third-order valence-corrected chi connectivity index (χ3v) is 3.76. The first kappa shape index (κ1) is 17.7. The molecule has 1 amide bonds. The Morgan fingerprint density at radius 1 is 1.29 bits per heavy atom. The van der Waals surface area contributed by atoms with Crippen LogP contribution in [0.15, 0.2) is 42.5 Å². The molecule has 0 aromatic heterocycles. The predicted octanol–water partition coefficient (Wildman–Crippen LogP) is 4.14. The van der Waals surface area contributed by atoms with Gasteiger partial charge in [-0.2, -0.15) is 0 Å². The van der Waals surface area contributed by atoms with Crippen molar-refractivity contribution in [1.29, 1.82) is 0 Å². The van der Waals surface area contributed by atoms with E-state index >= 15 is 0 Å². The standard InChI is InChI=1S/C17H17ClN2O4/c1-3-24-14-7-4-12(5-8-14)11(2)19-17(21)13-6-9-15(18)16(10-13)20(22)23/h4-11H,3H2,1-2H3,(H,19,21)/t11-/m0/s1. The average Bonchev–Trinajstić information content (AvgIpc) is 2.55. The van der Waals surface area contributed by atoms with Gasteiger partial charge in [0, 0.05) is 11.6 Å². The number of hydrogen-bond donors (Lipinski definition) is 1. The molecule has 0 saturated carbocycles. The molecule has 1 atom stereocenters. The largest absolute Gasteiger partial charge is 0.494 e. The summed E-state index contributed by atoms with van der Waals surface area (Å²) in [5.74, 6) is 0.351. The molecule has 2 rings (SSSR count). The van der Waals surface area contributed by atoms with Crippen molar-refractivity contribution in [3.63, 3.8) is 0 Å². The van der Waals surface area contributed by atoms with Gasteiger partial charge in [0.2, 0.25) is 0 Å². The van der Waals surface area contributed by atoms with E-state index in [4.69, 9.17) is 16.3 Å². The first-order valence-corrected chi connectivity index (χ1v) is 7.77. The van der Waals surface area contributed by atoms with E-state index in [1.807, 2.05) is 38.1 Å². The van der Waals surface area contributed by atoms with Crippen molar-refractivity contribution in [3.8, 4) is 5.75 Å². The van der Waals surface area contributed by atoms with Gasteiger partial charge in [-0.15, -0.1) is 0 Å². The summed E-state index contributed by atoms with van der Waals surface area (Å²) in [6.07, 6.45) is 0. The second-order valence-electron chi connectivity index (χ2n) is 5.12. The van der Waals surface area contributed by atoms with Crippen LogP contribution >= 0.6 is 11.6 Å². The molecule has 126 valence electrons. The normalized spacial score (nSPS) is 11.6. The first-order valence-electron chi connectivity index (χ1n) is 7.40. The molecule has 0 bridgehead atoms. The molecule has 0 unspecified atom stereocenters. The zero-order valence-corrected chi connectivity index (χ0v) is 14.0. The van der Waals surface area contributed by atoms with Gasteiger partial charge in [0.1, 0.15) is 10.8 Å². The summed E-state index contributed by atoms with van der Waals surface area (Å²) in [6, 6.07) is 11.1. The molecule has 0 spiro atoms. The summed E-state index contributed by atoms with van der Waals surface area (Å²) in [4.78, 5) is 22.6. The van der Waals surface area contributed by atoms with E-state index in [1.165, 1.54) is 18.2 Å². The lowest BCUT2D eigenvalue weighted by atomic mass is 10.1. The minimum Gasteiger partial charge on any atom is -0.494 e. The highest BCUT2D eigenvalue weighted by molar-refractivity contribution is 6.32. The van der Waals surface area contributed by atoms with Crippen molar-refractivity contribution in [3.05, 3.63) is 68.7 Å². The van der Waals surface area contributed by atoms with Gasteiger partial charge in [0.25, 0.3) is 11.6 Å². The first-order chi connectivity index (χ1) is 11.4. The summed E-state index contributed by atoms with van der Waals surface area (Å²) >= 11 is 5.75. The Balaban J connectivity index is 2.11. The second-order valence-corrected chi connectivity index (χ2v) is 5.53. The summed E-state index contributed by atoms with van der Waals surface area (Å²) in [5.41, 5.74) is 0.789. The van der Waals surface area contributed by atoms with Gasteiger partial charge in [-0.3, -0.25) is 14.9 Å². The maximum atomic E-state index is 12.3. The van der Waals surface area contributed by atoms with Crippen LogP contribution in [0.1, 0.15) is 35.8 Å². The third kappa shape index (κ3) is 4.23. The molecule has 2 aromatic rings. The highest BCUT2D eigenvalue weighted by atomic mass is 35.5. The Morgan fingerprint density at radius 2 is 1.96 bits per heavy atom. The Kier molecular flexibility index (Phi) is 5.76. The number of hydrogen-bond acceptors (Lipinski definition) is 4. The van der Waals surface area contributed by atoms with Gasteiger partial charge in [0.15, 0.2) is 0 Å². The number of nitrogens with one attached hydrogen (secondary N) is 1. The van der Waals surface area contributed by atoms with Crippen molar-refractivity contribution in [1.82, 2.24) is 5.32 Å². The van der Waals surface area contributed by atoms with Crippen LogP contribution in [0.4, 0.5) is 5.69 Å². The van der Waals surface area contributed by atoms with Crippen molar-refractivity contribution in [2.75, 3.05) is 6.61 Å². The fourth-order valence-corrected chi connectivity index (χ4v) is 2.36. The van der Waals surface area contributed by atoms with Crippen molar-refractivity contribution >= 4 is 23.2 Å². The van der Waals surface area contributed by atoms with Gasteiger partial charge in [0.05, 0.1) is 17.6 Å². The number of rotatable bonds is 6. The van der Waals surface area contributed by atoms with Crippen LogP contribution < -0.4 is 10.1 Å². The van der Waals surface area contributed by atoms with Crippen LogP contribution in [-0.4, -0.2) is 17.4 Å². The van der Waals surface area contributed by atoms with E-state index < -0.39 is 10.8 Å². The van der Waals surface area contributed by atoms with Crippen LogP contribution in [0.3, 0.4) is 0 Å². The lowest BCUT2D eigenvalue weighted by molar-refractivity contribution is -0.384. The van der Waals surface area contributed by atoms with Crippen LogP contribution in [0.25, 0.3) is 0 Å². The second kappa shape index (κ2) is 7.79. The summed E-state index contributed by atoms with van der Waals surface area (Å²) in [7, 11) is 0. The van der Waals surface area contributed by atoms with Crippen LogP contribution in [0, 0.1) is 10.1 Å². The summed E-state index contributed by atoms with van der Waals surface area (Å²) in [5, 5.41) is 13.7. The molecular weight excluding hydrogens is 332 g/mol. The van der Waals surface area contributed by atoms with Gasteiger partial charge in [-0.05, 0) is 43.7 Å². The Morgan fingerprint density at radius 3 is 2.54 bits per heavy atom. The van der Waals surface area contributed by atoms with Crippen LogP contribution in [0.5, 0.6) is 5.75 Å². The van der Waals surface area contributed by atoms with E-state index in [0.717, 1.165) is 11.3 Å². The Hall–Kier alpha value is -2.60. The van der Waals surface area contributed by atoms with Crippen molar-refractivity contribution < 1.29 is 14.5 Å². The fourth-order valence-electron chi connectivity index (χ4n) is 2.18. The third-order valence-electron chi connectivity index (χ3n) is 3.44. The maximum absolute atomic E-state index is 12.3. The van der Waals surface area contributed by atoms with E-state index in [9.17, 15) is 14.9 Å². The number of carbonyl (C=O) groups excluding carboxylic acids is 1. The molecule has 1 N–H and O–H groups in total. The minimum atomic E-state index is -0.616. The molecule has 0 fully saturated rings. The maximum Gasteiger partial charge on any atom is 0.288 e. The van der Waals surface area contributed by atoms with Gasteiger partial charge in [-0.1, -0.05) is 23.7 Å². The molecule has 0 saturated heterocycles. The Bertz CT molecular complexity index is 747. The number of nitro groups is 1. The minimum absolute atomic E-state index is 0.00360. The topological polar surface area (TPSA) is 81.5 Å². The molecular formula is C17H17ClN2O4. The van der Waals surface area contributed by atoms with Gasteiger partial charge in [-0.25, -0.2) is 0 Å². The number of amides is 1. The molecule has 0 aliphatic heterocycles. The van der Waals surface area contributed by atoms with Crippen molar-refractivity contribution in [2.24, 2.45) is 0 Å².